The lowest BCUT2D eigenvalue weighted by molar-refractivity contribution is 0.0434. The normalized spacial score (nSPS) is 16.7. The Morgan fingerprint density at radius 3 is 2.02 bits per heavy atom. The molecule has 42 heavy (non-hydrogen) atoms. The van der Waals surface area contributed by atoms with Crippen LogP contribution < -0.4 is 23.7 Å². The molecule has 1 heterocycles. The number of aliphatic hydroxyl groups is 1. The Balaban J connectivity index is 1.72. The number of hydrogen-bond acceptors (Lipinski definition) is 9. The van der Waals surface area contributed by atoms with Crippen LogP contribution in [0.25, 0.3) is 0 Å². The van der Waals surface area contributed by atoms with Gasteiger partial charge in [-0.15, -0.1) is 0 Å². The van der Waals surface area contributed by atoms with E-state index in [1.165, 1.54) is 0 Å². The predicted octanol–water partition coefficient (Wildman–Crippen LogP) is 5.83. The fourth-order valence-electron chi connectivity index (χ4n) is 4.98. The van der Waals surface area contributed by atoms with Crippen molar-refractivity contribution in [3.63, 3.8) is 0 Å². The van der Waals surface area contributed by atoms with Crippen molar-refractivity contribution >= 4 is 9.84 Å². The molecule has 1 aliphatic rings. The summed E-state index contributed by atoms with van der Waals surface area (Å²) in [5.41, 5.74) is 2.49. The molecule has 0 aliphatic carbocycles. The Hall–Kier alpha value is -3.47. The van der Waals surface area contributed by atoms with E-state index in [-0.39, 0.29) is 48.2 Å². The van der Waals surface area contributed by atoms with E-state index in [1.54, 1.807) is 27.4 Å². The van der Waals surface area contributed by atoms with Gasteiger partial charge >= 0.3 is 0 Å². The van der Waals surface area contributed by atoms with Gasteiger partial charge < -0.3 is 33.5 Å². The van der Waals surface area contributed by atoms with Gasteiger partial charge in [0.1, 0.15) is 11.5 Å². The molecule has 3 aromatic carbocycles. The van der Waals surface area contributed by atoms with E-state index in [0.29, 0.717) is 54.4 Å². The third-order valence-electron chi connectivity index (χ3n) is 7.09. The second kappa shape index (κ2) is 14.6. The minimum atomic E-state index is -3.80. The lowest BCUT2D eigenvalue weighted by Crippen LogP contribution is -2.13. The van der Waals surface area contributed by atoms with Crippen LogP contribution in [0, 0.1) is 0 Å². The zero-order valence-corrected chi connectivity index (χ0v) is 25.4. The standard InChI is InChI=1S/C32H40O9S/c1-5-15-39-32-29(40-21-22-10-7-6-8-11-22)19-24(20-30(32)42(34,35)16-9-14-33)26-13-12-25(41-26)23-17-27(36-2)31(38-4)28(18-23)37-3/h6-8,10-11,17-20,25-26,33H,5,9,12-16,21H2,1-4H3/t25-,26-/m0/s1. The van der Waals surface area contributed by atoms with Gasteiger partial charge in [-0.3, -0.25) is 0 Å². The van der Waals surface area contributed by atoms with E-state index in [1.807, 2.05) is 55.5 Å². The van der Waals surface area contributed by atoms with E-state index in [9.17, 15) is 13.5 Å². The topological polar surface area (TPSA) is 110 Å². The van der Waals surface area contributed by atoms with Crippen LogP contribution in [-0.4, -0.2) is 53.8 Å². The zero-order chi connectivity index (χ0) is 30.1. The SMILES string of the molecule is CCCOc1c(OCc2ccccc2)cc([C@@H]2CC[C@@H](c3cc(OC)c(OC)c(OC)c3)O2)cc1S(=O)(=O)CCCO. The molecule has 0 unspecified atom stereocenters. The summed E-state index contributed by atoms with van der Waals surface area (Å²) in [7, 11) is 0.889. The molecule has 9 nitrogen and oxygen atoms in total. The smallest absolute Gasteiger partial charge is 0.203 e. The maximum atomic E-state index is 13.5. The number of hydrogen-bond donors (Lipinski definition) is 1. The molecule has 0 spiro atoms. The molecular formula is C32H40O9S. The fraction of sp³-hybridized carbons (Fsp3) is 0.438. The van der Waals surface area contributed by atoms with Crippen LogP contribution in [0.15, 0.2) is 59.5 Å². The van der Waals surface area contributed by atoms with Gasteiger partial charge in [-0.25, -0.2) is 8.42 Å². The molecule has 10 heteroatoms. The molecule has 0 radical (unpaired) electrons. The highest BCUT2D eigenvalue weighted by Crippen LogP contribution is 2.48. The molecule has 1 N–H and O–H groups in total. The van der Waals surface area contributed by atoms with Crippen LogP contribution in [0.5, 0.6) is 28.7 Å². The maximum Gasteiger partial charge on any atom is 0.203 e. The van der Waals surface area contributed by atoms with Crippen molar-refractivity contribution < 1.29 is 41.9 Å². The third kappa shape index (κ3) is 7.29. The molecule has 228 valence electrons. The van der Waals surface area contributed by atoms with Crippen LogP contribution in [0.3, 0.4) is 0 Å². The molecule has 1 saturated heterocycles. The van der Waals surface area contributed by atoms with Crippen molar-refractivity contribution in [2.24, 2.45) is 0 Å². The molecule has 0 amide bonds. The zero-order valence-electron chi connectivity index (χ0n) is 24.6. The van der Waals surface area contributed by atoms with Gasteiger partial charge in [-0.05, 0) is 66.6 Å². The second-order valence-corrected chi connectivity index (χ2v) is 12.1. The molecule has 1 fully saturated rings. The fourth-order valence-corrected chi connectivity index (χ4v) is 6.47. The lowest BCUT2D eigenvalue weighted by atomic mass is 10.0. The molecular weight excluding hydrogens is 560 g/mol. The van der Waals surface area contributed by atoms with E-state index in [2.05, 4.69) is 0 Å². The molecule has 0 saturated carbocycles. The van der Waals surface area contributed by atoms with Crippen molar-refractivity contribution in [2.45, 2.75) is 56.3 Å². The second-order valence-electron chi connectivity index (χ2n) is 10.0. The maximum absolute atomic E-state index is 13.5. The molecule has 3 aromatic rings. The summed E-state index contributed by atoms with van der Waals surface area (Å²) < 4.78 is 62.3. The number of sulfone groups is 1. The minimum Gasteiger partial charge on any atom is -0.493 e. The van der Waals surface area contributed by atoms with E-state index >= 15 is 0 Å². The highest BCUT2D eigenvalue weighted by Gasteiger charge is 2.33. The van der Waals surface area contributed by atoms with E-state index in [0.717, 1.165) is 11.1 Å². The number of rotatable bonds is 15. The summed E-state index contributed by atoms with van der Waals surface area (Å²) in [6.45, 7) is 2.29. The first-order valence-corrected chi connectivity index (χ1v) is 15.8. The Morgan fingerprint density at radius 2 is 1.45 bits per heavy atom. The number of aliphatic hydroxyl groups excluding tert-OH is 1. The average Bonchev–Trinajstić information content (AvgIpc) is 3.52. The summed E-state index contributed by atoms with van der Waals surface area (Å²) in [6, 6.07) is 16.8. The van der Waals surface area contributed by atoms with Crippen molar-refractivity contribution in [1.29, 1.82) is 0 Å². The first kappa shape index (κ1) is 31.5. The Morgan fingerprint density at radius 1 is 0.833 bits per heavy atom. The van der Waals surface area contributed by atoms with Crippen molar-refractivity contribution in [3.05, 3.63) is 71.3 Å². The molecule has 0 aromatic heterocycles. The van der Waals surface area contributed by atoms with Crippen molar-refractivity contribution in [1.82, 2.24) is 0 Å². The summed E-state index contributed by atoms with van der Waals surface area (Å²) in [5, 5.41) is 9.36. The highest BCUT2D eigenvalue weighted by molar-refractivity contribution is 7.91. The van der Waals surface area contributed by atoms with Crippen LogP contribution >= 0.6 is 0 Å². The summed E-state index contributed by atoms with van der Waals surface area (Å²) in [6.07, 6.45) is 1.50. The lowest BCUT2D eigenvalue weighted by Gasteiger charge is -2.21. The van der Waals surface area contributed by atoms with E-state index in [4.69, 9.17) is 28.4 Å². The highest BCUT2D eigenvalue weighted by atomic mass is 32.2. The van der Waals surface area contributed by atoms with Crippen LogP contribution in [0.2, 0.25) is 0 Å². The largest absolute Gasteiger partial charge is 0.493 e. The first-order valence-electron chi connectivity index (χ1n) is 14.1. The Kier molecular flexibility index (Phi) is 11.0. The molecule has 0 bridgehead atoms. The monoisotopic (exact) mass is 600 g/mol. The average molecular weight is 601 g/mol. The van der Waals surface area contributed by atoms with E-state index < -0.39 is 9.84 Å². The van der Waals surface area contributed by atoms with Crippen molar-refractivity contribution in [2.75, 3.05) is 40.3 Å². The number of methoxy groups -OCH3 is 3. The Bertz CT molecular complexity index is 1400. The summed E-state index contributed by atoms with van der Waals surface area (Å²) in [5.74, 6) is 1.88. The Labute approximate surface area is 248 Å². The number of benzene rings is 3. The summed E-state index contributed by atoms with van der Waals surface area (Å²) in [4.78, 5) is 0.0461. The van der Waals surface area contributed by atoms with Gasteiger partial charge in [0.2, 0.25) is 5.75 Å². The minimum absolute atomic E-state index is 0.0461. The van der Waals surface area contributed by atoms with Crippen LogP contribution in [0.1, 0.15) is 61.5 Å². The third-order valence-corrected chi connectivity index (χ3v) is 8.89. The van der Waals surface area contributed by atoms with Crippen LogP contribution in [-0.2, 0) is 21.2 Å². The first-order chi connectivity index (χ1) is 20.3. The molecule has 1 aliphatic heterocycles. The molecule has 2 atom stereocenters. The van der Waals surface area contributed by atoms with Gasteiger partial charge in [0, 0.05) is 6.61 Å². The van der Waals surface area contributed by atoms with Gasteiger partial charge in [-0.1, -0.05) is 37.3 Å². The molecule has 4 rings (SSSR count). The van der Waals surface area contributed by atoms with Gasteiger partial charge in [0.25, 0.3) is 0 Å². The quantitative estimate of drug-likeness (QED) is 0.230. The van der Waals surface area contributed by atoms with Gasteiger partial charge in [0.05, 0.1) is 45.9 Å². The predicted molar refractivity (Wildman–Crippen MR) is 159 cm³/mol. The van der Waals surface area contributed by atoms with Crippen molar-refractivity contribution in [3.8, 4) is 28.7 Å². The number of ether oxygens (including phenoxy) is 6. The van der Waals surface area contributed by atoms with Gasteiger partial charge in [0.15, 0.2) is 32.8 Å². The van der Waals surface area contributed by atoms with Crippen LogP contribution in [0.4, 0.5) is 0 Å². The summed E-state index contributed by atoms with van der Waals surface area (Å²) >= 11 is 0. The van der Waals surface area contributed by atoms with Gasteiger partial charge in [-0.2, -0.15) is 0 Å².